The Balaban J connectivity index is 3.45. The lowest BCUT2D eigenvalue weighted by Crippen LogP contribution is -2.08. The van der Waals surface area contributed by atoms with Gasteiger partial charge in [-0.25, -0.2) is 13.6 Å². The van der Waals surface area contributed by atoms with E-state index in [1.807, 2.05) is 0 Å². The van der Waals surface area contributed by atoms with Crippen LogP contribution >= 0.6 is 15.9 Å². The summed E-state index contributed by atoms with van der Waals surface area (Å²) in [5.41, 5.74) is -0.393. The molecule has 0 saturated heterocycles. The first kappa shape index (κ1) is 11.9. The molecule has 1 rings (SSSR count). The number of methoxy groups -OCH3 is 2. The number of esters is 1. The summed E-state index contributed by atoms with van der Waals surface area (Å²) in [6.07, 6.45) is 0. The van der Waals surface area contributed by atoms with Crippen LogP contribution in [0.1, 0.15) is 10.4 Å². The average molecular weight is 281 g/mol. The third-order valence-corrected chi connectivity index (χ3v) is 2.35. The van der Waals surface area contributed by atoms with Crippen LogP contribution in [0.4, 0.5) is 8.78 Å². The minimum atomic E-state index is -1.09. The van der Waals surface area contributed by atoms with Gasteiger partial charge in [0, 0.05) is 4.47 Å². The molecule has 6 heteroatoms. The van der Waals surface area contributed by atoms with Crippen molar-refractivity contribution < 1.29 is 23.0 Å². The molecule has 0 bridgehead atoms. The van der Waals surface area contributed by atoms with Crippen LogP contribution in [0.25, 0.3) is 0 Å². The first-order valence-corrected chi connectivity index (χ1v) is 4.62. The summed E-state index contributed by atoms with van der Waals surface area (Å²) in [4.78, 5) is 11.2. The van der Waals surface area contributed by atoms with Crippen LogP contribution in [0.15, 0.2) is 10.5 Å². The van der Waals surface area contributed by atoms with E-state index in [9.17, 15) is 13.6 Å². The number of rotatable bonds is 2. The van der Waals surface area contributed by atoms with Crippen molar-refractivity contribution in [1.29, 1.82) is 0 Å². The highest BCUT2D eigenvalue weighted by molar-refractivity contribution is 9.10. The number of carbonyl (C=O) groups is 1. The molecule has 0 aromatic heterocycles. The minimum Gasteiger partial charge on any atom is -0.491 e. The predicted molar refractivity (Wildman–Crippen MR) is 51.9 cm³/mol. The van der Waals surface area contributed by atoms with Crippen molar-refractivity contribution >= 4 is 21.9 Å². The zero-order valence-corrected chi connectivity index (χ0v) is 9.52. The van der Waals surface area contributed by atoms with E-state index in [0.29, 0.717) is 0 Å². The smallest absolute Gasteiger partial charge is 0.342 e. The lowest BCUT2D eigenvalue weighted by molar-refractivity contribution is 0.0593. The van der Waals surface area contributed by atoms with E-state index < -0.39 is 28.9 Å². The standard InChI is InChI=1S/C9H7BrF2O3/c1-14-8-5(11)3-4(10)6(7(8)12)9(13)15-2/h3H,1-2H3. The molecule has 0 fully saturated rings. The Bertz CT molecular complexity index is 407. The monoisotopic (exact) mass is 280 g/mol. The fraction of sp³-hybridized carbons (Fsp3) is 0.222. The molecule has 0 amide bonds. The van der Waals surface area contributed by atoms with E-state index in [1.165, 1.54) is 0 Å². The van der Waals surface area contributed by atoms with Crippen LogP contribution in [0.3, 0.4) is 0 Å². The maximum absolute atomic E-state index is 13.5. The van der Waals surface area contributed by atoms with Crippen molar-refractivity contribution in [2.75, 3.05) is 14.2 Å². The quantitative estimate of drug-likeness (QED) is 0.781. The second kappa shape index (κ2) is 4.57. The maximum atomic E-state index is 13.5. The van der Waals surface area contributed by atoms with Gasteiger partial charge in [-0.15, -0.1) is 0 Å². The molecule has 0 heterocycles. The molecular formula is C9H7BrF2O3. The van der Waals surface area contributed by atoms with E-state index in [0.717, 1.165) is 20.3 Å². The molecule has 0 saturated carbocycles. The van der Waals surface area contributed by atoms with Crippen molar-refractivity contribution in [2.45, 2.75) is 0 Å². The molecule has 3 nitrogen and oxygen atoms in total. The summed E-state index contributed by atoms with van der Waals surface area (Å²) in [5.74, 6) is -3.50. The van der Waals surface area contributed by atoms with Crippen LogP contribution in [-0.2, 0) is 4.74 Å². The minimum absolute atomic E-state index is 0.0230. The van der Waals surface area contributed by atoms with Crippen molar-refractivity contribution in [3.05, 3.63) is 27.7 Å². The van der Waals surface area contributed by atoms with Gasteiger partial charge in [-0.05, 0) is 22.0 Å². The van der Waals surface area contributed by atoms with Crippen LogP contribution in [0, 0.1) is 11.6 Å². The summed E-state index contributed by atoms with van der Waals surface area (Å²) in [6.45, 7) is 0. The van der Waals surface area contributed by atoms with Gasteiger partial charge in [0.1, 0.15) is 5.56 Å². The first-order valence-electron chi connectivity index (χ1n) is 3.82. The fourth-order valence-electron chi connectivity index (χ4n) is 1.05. The van der Waals surface area contributed by atoms with Gasteiger partial charge in [0.2, 0.25) is 0 Å². The molecule has 0 aliphatic heterocycles. The summed E-state index contributed by atoms with van der Waals surface area (Å²) in [7, 11) is 2.21. The Kier molecular flexibility index (Phi) is 3.62. The molecule has 0 atom stereocenters. The molecule has 82 valence electrons. The molecule has 0 unspecified atom stereocenters. The Morgan fingerprint density at radius 1 is 1.40 bits per heavy atom. The zero-order chi connectivity index (χ0) is 11.6. The van der Waals surface area contributed by atoms with Gasteiger partial charge in [0.05, 0.1) is 14.2 Å². The molecule has 0 spiro atoms. The summed E-state index contributed by atoms with van der Waals surface area (Å²) in [5, 5.41) is 0. The van der Waals surface area contributed by atoms with Gasteiger partial charge in [-0.1, -0.05) is 0 Å². The van der Waals surface area contributed by atoms with E-state index >= 15 is 0 Å². The Morgan fingerprint density at radius 3 is 2.47 bits per heavy atom. The van der Waals surface area contributed by atoms with Gasteiger partial charge in [-0.3, -0.25) is 0 Å². The normalized spacial score (nSPS) is 9.93. The van der Waals surface area contributed by atoms with Gasteiger partial charge in [0.25, 0.3) is 0 Å². The summed E-state index contributed by atoms with van der Waals surface area (Å²) in [6, 6.07) is 0.939. The first-order chi connectivity index (χ1) is 7.02. The predicted octanol–water partition coefficient (Wildman–Crippen LogP) is 2.52. The highest BCUT2D eigenvalue weighted by Gasteiger charge is 2.23. The van der Waals surface area contributed by atoms with Crippen molar-refractivity contribution in [1.82, 2.24) is 0 Å². The highest BCUT2D eigenvalue weighted by atomic mass is 79.9. The molecular weight excluding hydrogens is 274 g/mol. The molecule has 1 aromatic carbocycles. The number of halogens is 3. The Morgan fingerprint density at radius 2 is 2.00 bits per heavy atom. The second-order valence-electron chi connectivity index (χ2n) is 2.55. The van der Waals surface area contributed by atoms with Crippen molar-refractivity contribution in [3.63, 3.8) is 0 Å². The molecule has 0 aliphatic rings. The van der Waals surface area contributed by atoms with Gasteiger partial charge in [-0.2, -0.15) is 0 Å². The van der Waals surface area contributed by atoms with Crippen LogP contribution in [0.5, 0.6) is 5.75 Å². The fourth-order valence-corrected chi connectivity index (χ4v) is 1.59. The molecule has 0 radical (unpaired) electrons. The van der Waals surface area contributed by atoms with Crippen molar-refractivity contribution in [2.24, 2.45) is 0 Å². The molecule has 1 aromatic rings. The van der Waals surface area contributed by atoms with E-state index in [2.05, 4.69) is 25.4 Å². The Labute approximate surface area is 93.1 Å². The number of hydrogen-bond acceptors (Lipinski definition) is 3. The van der Waals surface area contributed by atoms with Crippen LogP contribution in [-0.4, -0.2) is 20.2 Å². The van der Waals surface area contributed by atoms with Crippen LogP contribution < -0.4 is 4.74 Å². The highest BCUT2D eigenvalue weighted by Crippen LogP contribution is 2.30. The molecule has 0 aliphatic carbocycles. The second-order valence-corrected chi connectivity index (χ2v) is 3.41. The molecule has 0 N–H and O–H groups in total. The third-order valence-electron chi connectivity index (χ3n) is 1.72. The van der Waals surface area contributed by atoms with E-state index in [1.54, 1.807) is 0 Å². The number of hydrogen-bond donors (Lipinski definition) is 0. The van der Waals surface area contributed by atoms with Gasteiger partial charge in [0.15, 0.2) is 17.4 Å². The zero-order valence-electron chi connectivity index (χ0n) is 7.94. The largest absolute Gasteiger partial charge is 0.491 e. The third kappa shape index (κ3) is 2.09. The summed E-state index contributed by atoms with van der Waals surface area (Å²) >= 11 is 2.87. The lowest BCUT2D eigenvalue weighted by atomic mass is 10.2. The van der Waals surface area contributed by atoms with Crippen molar-refractivity contribution in [3.8, 4) is 5.75 Å². The Hall–Kier alpha value is -1.17. The SMILES string of the molecule is COC(=O)c1c(Br)cc(F)c(OC)c1F. The lowest BCUT2D eigenvalue weighted by Gasteiger charge is -2.08. The maximum Gasteiger partial charge on any atom is 0.342 e. The molecule has 15 heavy (non-hydrogen) atoms. The average Bonchev–Trinajstić information content (AvgIpc) is 2.17. The number of carbonyl (C=O) groups excluding carboxylic acids is 1. The summed E-state index contributed by atoms with van der Waals surface area (Å²) < 4.78 is 35.5. The van der Waals surface area contributed by atoms with Crippen LogP contribution in [0.2, 0.25) is 0 Å². The number of ether oxygens (including phenoxy) is 2. The topological polar surface area (TPSA) is 35.5 Å². The number of benzene rings is 1. The van der Waals surface area contributed by atoms with E-state index in [-0.39, 0.29) is 4.47 Å². The van der Waals surface area contributed by atoms with Gasteiger partial charge >= 0.3 is 5.97 Å². The van der Waals surface area contributed by atoms with E-state index in [4.69, 9.17) is 0 Å². The van der Waals surface area contributed by atoms with Gasteiger partial charge < -0.3 is 9.47 Å².